The molecule has 17 heavy (non-hydrogen) atoms. The van der Waals surface area contributed by atoms with Gasteiger partial charge in [-0.2, -0.15) is 0 Å². The smallest absolute Gasteiger partial charge is 0.124 e. The first-order valence-electron chi connectivity index (χ1n) is 5.86. The van der Waals surface area contributed by atoms with Gasteiger partial charge in [0.25, 0.3) is 0 Å². The van der Waals surface area contributed by atoms with E-state index < -0.39 is 0 Å². The molecular formula is C13H16BrFO2. The second-order valence-corrected chi connectivity index (χ2v) is 5.31. The van der Waals surface area contributed by atoms with Crippen molar-refractivity contribution in [2.75, 3.05) is 13.2 Å². The summed E-state index contributed by atoms with van der Waals surface area (Å²) in [6.07, 6.45) is 1.99. The lowest BCUT2D eigenvalue weighted by Crippen LogP contribution is -2.29. The fraction of sp³-hybridized carbons (Fsp3) is 0.538. The monoisotopic (exact) mass is 302 g/mol. The van der Waals surface area contributed by atoms with Gasteiger partial charge >= 0.3 is 0 Å². The molecule has 1 unspecified atom stereocenters. The summed E-state index contributed by atoms with van der Waals surface area (Å²) in [5, 5.41) is 10.2. The van der Waals surface area contributed by atoms with Gasteiger partial charge in [0.1, 0.15) is 5.82 Å². The number of aliphatic hydroxyl groups is 1. The Labute approximate surface area is 109 Å². The Bertz CT molecular complexity index is 378. The minimum Gasteiger partial charge on any atom is -0.392 e. The number of benzene rings is 1. The Balaban J connectivity index is 1.99. The molecule has 1 aliphatic heterocycles. The zero-order chi connectivity index (χ0) is 12.3. The first kappa shape index (κ1) is 13.0. The normalized spacial score (nSPS) is 19.2. The van der Waals surface area contributed by atoms with E-state index in [1.54, 1.807) is 6.07 Å². The van der Waals surface area contributed by atoms with Crippen LogP contribution in [0.2, 0.25) is 0 Å². The molecule has 2 nitrogen and oxygen atoms in total. The summed E-state index contributed by atoms with van der Waals surface area (Å²) in [7, 11) is 0. The number of rotatable bonds is 3. The fourth-order valence-electron chi connectivity index (χ4n) is 2.18. The zero-order valence-corrected chi connectivity index (χ0v) is 11.1. The lowest BCUT2D eigenvalue weighted by atomic mass is 9.90. The molecular weight excluding hydrogens is 287 g/mol. The number of ether oxygens (including phenoxy) is 1. The highest BCUT2D eigenvalue weighted by molar-refractivity contribution is 9.10. The van der Waals surface area contributed by atoms with Crippen molar-refractivity contribution in [3.8, 4) is 0 Å². The van der Waals surface area contributed by atoms with Crippen molar-refractivity contribution < 1.29 is 14.2 Å². The van der Waals surface area contributed by atoms with Crippen LogP contribution >= 0.6 is 15.9 Å². The quantitative estimate of drug-likeness (QED) is 0.930. The maximum atomic E-state index is 12.9. The molecule has 0 aliphatic carbocycles. The van der Waals surface area contributed by atoms with Gasteiger partial charge in [0.05, 0.1) is 6.10 Å². The number of halogens is 2. The zero-order valence-electron chi connectivity index (χ0n) is 9.53. The molecule has 94 valence electrons. The van der Waals surface area contributed by atoms with Crippen LogP contribution < -0.4 is 0 Å². The van der Waals surface area contributed by atoms with Crippen LogP contribution in [0, 0.1) is 11.7 Å². The van der Waals surface area contributed by atoms with Crippen LogP contribution in [0.4, 0.5) is 4.39 Å². The molecule has 1 aliphatic rings. The Kier molecular flexibility index (Phi) is 4.54. The van der Waals surface area contributed by atoms with E-state index in [0.29, 0.717) is 12.3 Å². The van der Waals surface area contributed by atoms with Gasteiger partial charge < -0.3 is 9.84 Å². The molecule has 0 spiro atoms. The molecule has 0 amide bonds. The molecule has 0 radical (unpaired) electrons. The van der Waals surface area contributed by atoms with Crippen molar-refractivity contribution in [3.63, 3.8) is 0 Å². The van der Waals surface area contributed by atoms with Gasteiger partial charge in [-0.25, -0.2) is 4.39 Å². The van der Waals surface area contributed by atoms with Crippen molar-refractivity contribution in [2.45, 2.75) is 25.4 Å². The van der Waals surface area contributed by atoms with Crippen LogP contribution in [0.25, 0.3) is 0 Å². The first-order chi connectivity index (χ1) is 8.16. The van der Waals surface area contributed by atoms with Crippen molar-refractivity contribution in [1.82, 2.24) is 0 Å². The van der Waals surface area contributed by atoms with Crippen molar-refractivity contribution in [3.05, 3.63) is 34.1 Å². The number of hydrogen-bond donors (Lipinski definition) is 1. The molecule has 1 saturated heterocycles. The Hall–Kier alpha value is -0.450. The molecule has 4 heteroatoms. The molecule has 1 atom stereocenters. The number of hydrogen-bond acceptors (Lipinski definition) is 2. The van der Waals surface area contributed by atoms with E-state index in [1.165, 1.54) is 12.1 Å². The van der Waals surface area contributed by atoms with Gasteiger partial charge in [0, 0.05) is 17.7 Å². The largest absolute Gasteiger partial charge is 0.392 e. The highest BCUT2D eigenvalue weighted by Crippen LogP contribution is 2.25. The average Bonchev–Trinajstić information content (AvgIpc) is 2.34. The maximum absolute atomic E-state index is 12.9. The predicted molar refractivity (Wildman–Crippen MR) is 67.4 cm³/mol. The standard InChI is InChI=1S/C13H16BrFO2/c14-12-8-11(15)2-1-10(12)7-13(16)9-3-5-17-6-4-9/h1-2,8-9,13,16H,3-7H2. The summed E-state index contributed by atoms with van der Waals surface area (Å²) in [6, 6.07) is 4.59. The van der Waals surface area contributed by atoms with E-state index in [0.717, 1.165) is 36.1 Å². The average molecular weight is 303 g/mol. The third-order valence-corrected chi connectivity index (χ3v) is 3.99. The Morgan fingerprint density at radius 1 is 1.41 bits per heavy atom. The van der Waals surface area contributed by atoms with E-state index in [1.807, 2.05) is 0 Å². The second kappa shape index (κ2) is 5.94. The van der Waals surface area contributed by atoms with Gasteiger partial charge in [0.15, 0.2) is 0 Å². The highest BCUT2D eigenvalue weighted by Gasteiger charge is 2.22. The van der Waals surface area contributed by atoms with Gasteiger partial charge in [0.2, 0.25) is 0 Å². The summed E-state index contributed by atoms with van der Waals surface area (Å²) in [5.74, 6) is 0.0295. The summed E-state index contributed by atoms with van der Waals surface area (Å²) in [5.41, 5.74) is 0.949. The van der Waals surface area contributed by atoms with Crippen LogP contribution in [-0.2, 0) is 11.2 Å². The van der Waals surface area contributed by atoms with Crippen LogP contribution in [0.3, 0.4) is 0 Å². The van der Waals surface area contributed by atoms with Crippen LogP contribution in [0.15, 0.2) is 22.7 Å². The summed E-state index contributed by atoms with van der Waals surface area (Å²) in [6.45, 7) is 1.46. The summed E-state index contributed by atoms with van der Waals surface area (Å²) in [4.78, 5) is 0. The lowest BCUT2D eigenvalue weighted by Gasteiger charge is -2.27. The van der Waals surface area contributed by atoms with E-state index in [4.69, 9.17) is 4.74 Å². The van der Waals surface area contributed by atoms with E-state index >= 15 is 0 Å². The van der Waals surface area contributed by atoms with E-state index in [2.05, 4.69) is 15.9 Å². The Morgan fingerprint density at radius 3 is 2.76 bits per heavy atom. The van der Waals surface area contributed by atoms with E-state index in [9.17, 15) is 9.50 Å². The predicted octanol–water partition coefficient (Wildman–Crippen LogP) is 2.92. The lowest BCUT2D eigenvalue weighted by molar-refractivity contribution is 0.00833. The van der Waals surface area contributed by atoms with E-state index in [-0.39, 0.29) is 11.9 Å². The van der Waals surface area contributed by atoms with Crippen LogP contribution in [0.1, 0.15) is 18.4 Å². The summed E-state index contributed by atoms with van der Waals surface area (Å²) >= 11 is 3.32. The molecule has 1 N–H and O–H groups in total. The van der Waals surface area contributed by atoms with Gasteiger partial charge in [-0.15, -0.1) is 0 Å². The van der Waals surface area contributed by atoms with Crippen molar-refractivity contribution in [2.24, 2.45) is 5.92 Å². The minimum absolute atomic E-state index is 0.263. The summed E-state index contributed by atoms with van der Waals surface area (Å²) < 4.78 is 18.9. The SMILES string of the molecule is OC(Cc1ccc(F)cc1Br)C1CCOCC1. The van der Waals surface area contributed by atoms with Gasteiger partial charge in [-0.05, 0) is 42.9 Å². The Morgan fingerprint density at radius 2 is 2.12 bits per heavy atom. The molecule has 1 aromatic rings. The molecule has 0 aromatic heterocycles. The third kappa shape index (κ3) is 3.50. The maximum Gasteiger partial charge on any atom is 0.124 e. The number of aliphatic hydroxyl groups excluding tert-OH is 1. The van der Waals surface area contributed by atoms with Crippen LogP contribution in [0.5, 0.6) is 0 Å². The van der Waals surface area contributed by atoms with Crippen LogP contribution in [-0.4, -0.2) is 24.4 Å². The first-order valence-corrected chi connectivity index (χ1v) is 6.66. The second-order valence-electron chi connectivity index (χ2n) is 4.46. The molecule has 1 heterocycles. The topological polar surface area (TPSA) is 29.5 Å². The highest BCUT2D eigenvalue weighted by atomic mass is 79.9. The van der Waals surface area contributed by atoms with Gasteiger partial charge in [-0.3, -0.25) is 0 Å². The van der Waals surface area contributed by atoms with Crippen molar-refractivity contribution in [1.29, 1.82) is 0 Å². The fourth-order valence-corrected chi connectivity index (χ4v) is 2.69. The molecule has 0 saturated carbocycles. The molecule has 0 bridgehead atoms. The molecule has 2 rings (SSSR count). The minimum atomic E-state index is -0.374. The molecule has 1 aromatic carbocycles. The van der Waals surface area contributed by atoms with Crippen molar-refractivity contribution >= 4 is 15.9 Å². The molecule has 1 fully saturated rings. The third-order valence-electron chi connectivity index (χ3n) is 3.25. The van der Waals surface area contributed by atoms with Gasteiger partial charge in [-0.1, -0.05) is 22.0 Å².